The Morgan fingerprint density at radius 2 is 1.95 bits per heavy atom. The van der Waals surface area contributed by atoms with Crippen molar-refractivity contribution in [3.05, 3.63) is 54.1 Å². The fourth-order valence-electron chi connectivity index (χ4n) is 3.24. The van der Waals surface area contributed by atoms with E-state index < -0.39 is 0 Å². The Labute approximate surface area is 120 Å². The van der Waals surface area contributed by atoms with Crippen molar-refractivity contribution in [2.45, 2.75) is 44.7 Å². The summed E-state index contributed by atoms with van der Waals surface area (Å²) in [4.78, 5) is 4.31. The lowest BCUT2D eigenvalue weighted by atomic mass is 10.0. The van der Waals surface area contributed by atoms with Gasteiger partial charge >= 0.3 is 0 Å². The van der Waals surface area contributed by atoms with E-state index in [1.54, 1.807) is 0 Å². The number of hydrogen-bond acceptors (Lipinski definition) is 2. The molecule has 0 bridgehead atoms. The van der Waals surface area contributed by atoms with Crippen molar-refractivity contribution in [3.63, 3.8) is 0 Å². The molecule has 2 N–H and O–H groups in total. The molecule has 1 saturated carbocycles. The van der Waals surface area contributed by atoms with Crippen molar-refractivity contribution in [2.75, 3.05) is 0 Å². The lowest BCUT2D eigenvalue weighted by molar-refractivity contribution is 0.440. The lowest BCUT2D eigenvalue weighted by Crippen LogP contribution is -2.19. The van der Waals surface area contributed by atoms with E-state index in [-0.39, 0.29) is 6.04 Å². The first kappa shape index (κ1) is 13.4. The molecule has 1 aliphatic carbocycles. The lowest BCUT2D eigenvalue weighted by Gasteiger charge is -2.17. The number of aromatic nitrogens is 2. The van der Waals surface area contributed by atoms with E-state index in [9.17, 15) is 0 Å². The normalized spacial score (nSPS) is 17.4. The maximum Gasteiger partial charge on any atom is 0.0948 e. The van der Waals surface area contributed by atoms with Gasteiger partial charge in [0.15, 0.2) is 0 Å². The van der Waals surface area contributed by atoms with Crippen LogP contribution in [0.4, 0.5) is 0 Å². The third-order valence-corrected chi connectivity index (χ3v) is 4.35. The second kappa shape index (κ2) is 6.23. The Morgan fingerprint density at radius 3 is 2.70 bits per heavy atom. The average Bonchev–Trinajstić information content (AvgIpc) is 3.12. The Morgan fingerprint density at radius 1 is 1.20 bits per heavy atom. The molecule has 1 heterocycles. The monoisotopic (exact) mass is 269 g/mol. The first-order valence-electron chi connectivity index (χ1n) is 7.62. The molecule has 1 aromatic carbocycles. The minimum absolute atomic E-state index is 0.0290. The molecule has 106 valence electrons. The summed E-state index contributed by atoms with van der Waals surface area (Å²) in [5, 5.41) is 0. The maximum absolute atomic E-state index is 6.39. The predicted octanol–water partition coefficient (Wildman–Crippen LogP) is 3.32. The van der Waals surface area contributed by atoms with E-state index >= 15 is 0 Å². The van der Waals surface area contributed by atoms with Crippen LogP contribution >= 0.6 is 0 Å². The molecule has 2 aromatic rings. The minimum atomic E-state index is 0.0290. The highest BCUT2D eigenvalue weighted by atomic mass is 15.1. The summed E-state index contributed by atoms with van der Waals surface area (Å²) in [6.07, 6.45) is 10.2. The second-order valence-electron chi connectivity index (χ2n) is 5.92. The first-order valence-corrected chi connectivity index (χ1v) is 7.62. The summed E-state index contributed by atoms with van der Waals surface area (Å²) in [6, 6.07) is 10.5. The van der Waals surface area contributed by atoms with Crippen LogP contribution in [0.3, 0.4) is 0 Å². The average molecular weight is 269 g/mol. The van der Waals surface area contributed by atoms with E-state index in [0.29, 0.717) is 0 Å². The Balaban J connectivity index is 1.68. The van der Waals surface area contributed by atoms with Crippen LogP contribution in [0.15, 0.2) is 42.9 Å². The van der Waals surface area contributed by atoms with Gasteiger partial charge in [-0.25, -0.2) is 4.98 Å². The standard InChI is InChI=1S/C17H23N3/c18-16(10-14-6-2-1-3-7-14)17-11-19-13-20(17)12-15-8-4-5-9-15/h1-3,6-7,11,13,15-16H,4-5,8-10,12,18H2/t16-/m1/s1. The zero-order valence-electron chi connectivity index (χ0n) is 11.9. The smallest absolute Gasteiger partial charge is 0.0948 e. The van der Waals surface area contributed by atoms with E-state index in [4.69, 9.17) is 5.73 Å². The summed E-state index contributed by atoms with van der Waals surface area (Å²) >= 11 is 0. The van der Waals surface area contributed by atoms with E-state index in [2.05, 4.69) is 33.8 Å². The molecule has 0 unspecified atom stereocenters. The van der Waals surface area contributed by atoms with Crippen molar-refractivity contribution >= 4 is 0 Å². The number of imidazole rings is 1. The SMILES string of the molecule is N[C@H](Cc1ccccc1)c1cncn1CC1CCCC1. The van der Waals surface area contributed by atoms with Gasteiger partial charge in [-0.05, 0) is 30.7 Å². The van der Waals surface area contributed by atoms with Crippen LogP contribution in [-0.4, -0.2) is 9.55 Å². The predicted molar refractivity (Wildman–Crippen MR) is 81.3 cm³/mol. The fourth-order valence-corrected chi connectivity index (χ4v) is 3.24. The van der Waals surface area contributed by atoms with Gasteiger partial charge in [0.1, 0.15) is 0 Å². The molecule has 0 radical (unpaired) electrons. The van der Waals surface area contributed by atoms with Gasteiger partial charge in [-0.2, -0.15) is 0 Å². The van der Waals surface area contributed by atoms with Crippen molar-refractivity contribution in [3.8, 4) is 0 Å². The summed E-state index contributed by atoms with van der Waals surface area (Å²) in [7, 11) is 0. The Hall–Kier alpha value is -1.61. The van der Waals surface area contributed by atoms with Crippen LogP contribution in [-0.2, 0) is 13.0 Å². The van der Waals surface area contributed by atoms with E-state index in [0.717, 1.165) is 18.9 Å². The topological polar surface area (TPSA) is 43.8 Å². The van der Waals surface area contributed by atoms with Crippen LogP contribution in [0, 0.1) is 5.92 Å². The summed E-state index contributed by atoms with van der Waals surface area (Å²) in [5.74, 6) is 0.812. The molecule has 1 aliphatic rings. The van der Waals surface area contributed by atoms with Gasteiger partial charge in [0, 0.05) is 12.7 Å². The number of nitrogens with zero attached hydrogens (tertiary/aromatic N) is 2. The molecule has 3 heteroatoms. The quantitative estimate of drug-likeness (QED) is 0.905. The highest BCUT2D eigenvalue weighted by molar-refractivity contribution is 5.18. The van der Waals surface area contributed by atoms with Crippen molar-refractivity contribution in [2.24, 2.45) is 11.7 Å². The highest BCUT2D eigenvalue weighted by Gasteiger charge is 2.18. The first-order chi connectivity index (χ1) is 9.83. The molecule has 0 saturated heterocycles. The van der Waals surface area contributed by atoms with Gasteiger partial charge < -0.3 is 10.3 Å². The summed E-state index contributed by atoms with van der Waals surface area (Å²) in [5.41, 5.74) is 8.84. The zero-order chi connectivity index (χ0) is 13.8. The van der Waals surface area contributed by atoms with Gasteiger partial charge in [-0.1, -0.05) is 43.2 Å². The molecular weight excluding hydrogens is 246 g/mol. The van der Waals surface area contributed by atoms with Gasteiger partial charge in [-0.15, -0.1) is 0 Å². The molecule has 1 atom stereocenters. The second-order valence-corrected chi connectivity index (χ2v) is 5.92. The molecule has 1 fully saturated rings. The number of benzene rings is 1. The van der Waals surface area contributed by atoms with Gasteiger partial charge in [-0.3, -0.25) is 0 Å². The van der Waals surface area contributed by atoms with Crippen LogP contribution in [0.5, 0.6) is 0 Å². The van der Waals surface area contributed by atoms with Crippen LogP contribution in [0.1, 0.15) is 43.0 Å². The van der Waals surface area contributed by atoms with E-state index in [1.807, 2.05) is 18.6 Å². The van der Waals surface area contributed by atoms with Gasteiger partial charge in [0.05, 0.1) is 18.1 Å². The van der Waals surface area contributed by atoms with Crippen LogP contribution in [0.2, 0.25) is 0 Å². The molecule has 1 aromatic heterocycles. The molecule has 0 amide bonds. The Bertz CT molecular complexity index is 526. The molecular formula is C17H23N3. The van der Waals surface area contributed by atoms with Crippen molar-refractivity contribution < 1.29 is 0 Å². The minimum Gasteiger partial charge on any atom is -0.333 e. The third kappa shape index (κ3) is 3.10. The van der Waals surface area contributed by atoms with Gasteiger partial charge in [0.25, 0.3) is 0 Å². The number of rotatable bonds is 5. The molecule has 0 spiro atoms. The van der Waals surface area contributed by atoms with Crippen LogP contribution in [0.25, 0.3) is 0 Å². The summed E-state index contributed by atoms with van der Waals surface area (Å²) in [6.45, 7) is 1.08. The van der Waals surface area contributed by atoms with Gasteiger partial charge in [0.2, 0.25) is 0 Å². The highest BCUT2D eigenvalue weighted by Crippen LogP contribution is 2.27. The van der Waals surface area contributed by atoms with Crippen molar-refractivity contribution in [1.82, 2.24) is 9.55 Å². The fraction of sp³-hybridized carbons (Fsp3) is 0.471. The molecule has 3 rings (SSSR count). The third-order valence-electron chi connectivity index (χ3n) is 4.35. The number of nitrogens with two attached hydrogens (primary N) is 1. The van der Waals surface area contributed by atoms with Crippen LogP contribution < -0.4 is 5.73 Å². The largest absolute Gasteiger partial charge is 0.333 e. The molecule has 3 nitrogen and oxygen atoms in total. The maximum atomic E-state index is 6.39. The number of hydrogen-bond donors (Lipinski definition) is 1. The zero-order valence-corrected chi connectivity index (χ0v) is 11.9. The van der Waals surface area contributed by atoms with Crippen molar-refractivity contribution in [1.29, 1.82) is 0 Å². The Kier molecular flexibility index (Phi) is 4.16. The molecule has 20 heavy (non-hydrogen) atoms. The van der Waals surface area contributed by atoms with E-state index in [1.165, 1.54) is 36.9 Å². The summed E-state index contributed by atoms with van der Waals surface area (Å²) < 4.78 is 2.27. The molecule has 0 aliphatic heterocycles.